The average Bonchev–Trinajstić information content (AvgIpc) is 3.75. The van der Waals surface area contributed by atoms with Gasteiger partial charge in [0.2, 0.25) is 0 Å². The molecule has 52 heavy (non-hydrogen) atoms. The lowest BCUT2D eigenvalue weighted by molar-refractivity contribution is 0.669. The molecule has 1 aromatic heterocycles. The largest absolute Gasteiger partial charge is 0.456 e. The van der Waals surface area contributed by atoms with Crippen LogP contribution in [0, 0.1) is 0 Å². The van der Waals surface area contributed by atoms with E-state index in [9.17, 15) is 0 Å². The summed E-state index contributed by atoms with van der Waals surface area (Å²) in [4.78, 5) is 0. The molecule has 0 saturated carbocycles. The molecule has 10 aromatic rings. The zero-order valence-electron chi connectivity index (χ0n) is 28.4. The van der Waals surface area contributed by atoms with Crippen molar-refractivity contribution in [1.82, 2.24) is 0 Å². The fraction of sp³-hybridized carbons (Fsp3) is 0.0196. The second-order valence-electron chi connectivity index (χ2n) is 14.0. The molecule has 0 spiro atoms. The highest BCUT2D eigenvalue weighted by Crippen LogP contribution is 2.58. The molecule has 0 bridgehead atoms. The fourth-order valence-electron chi connectivity index (χ4n) is 8.96. The highest BCUT2D eigenvalue weighted by Gasteiger charge is 2.46. The molecule has 0 unspecified atom stereocenters. The third kappa shape index (κ3) is 4.17. The van der Waals surface area contributed by atoms with E-state index in [1.54, 1.807) is 0 Å². The van der Waals surface area contributed by atoms with Crippen LogP contribution in [0.25, 0.3) is 76.9 Å². The Hall–Kier alpha value is -6.70. The molecule has 0 aliphatic heterocycles. The van der Waals surface area contributed by atoms with Gasteiger partial charge in [0.15, 0.2) is 0 Å². The summed E-state index contributed by atoms with van der Waals surface area (Å²) in [6.45, 7) is 0. The maximum atomic E-state index is 6.09. The molecule has 0 fully saturated rings. The lowest BCUT2D eigenvalue weighted by atomic mass is 9.66. The van der Waals surface area contributed by atoms with Gasteiger partial charge in [-0.25, -0.2) is 0 Å². The van der Waals surface area contributed by atoms with Crippen molar-refractivity contribution in [2.45, 2.75) is 5.41 Å². The topological polar surface area (TPSA) is 13.1 Å². The van der Waals surface area contributed by atoms with E-state index in [-0.39, 0.29) is 0 Å². The van der Waals surface area contributed by atoms with E-state index in [1.165, 1.54) is 77.2 Å². The van der Waals surface area contributed by atoms with Crippen molar-refractivity contribution < 1.29 is 4.42 Å². The lowest BCUT2D eigenvalue weighted by Crippen LogP contribution is -2.28. The van der Waals surface area contributed by atoms with Gasteiger partial charge in [-0.3, -0.25) is 0 Å². The second-order valence-corrected chi connectivity index (χ2v) is 14.0. The quantitative estimate of drug-likeness (QED) is 0.183. The van der Waals surface area contributed by atoms with Gasteiger partial charge in [0.05, 0.1) is 5.41 Å². The Balaban J connectivity index is 1.07. The highest BCUT2D eigenvalue weighted by molar-refractivity contribution is 6.07. The number of benzene rings is 9. The Kier molecular flexibility index (Phi) is 6.23. The number of fused-ring (bicyclic) bond motifs is 9. The fourth-order valence-corrected chi connectivity index (χ4v) is 8.96. The van der Waals surface area contributed by atoms with Gasteiger partial charge in [-0.1, -0.05) is 158 Å². The molecule has 11 rings (SSSR count). The first kappa shape index (κ1) is 29.1. The third-order valence-corrected chi connectivity index (χ3v) is 11.3. The van der Waals surface area contributed by atoms with Crippen molar-refractivity contribution in [2.75, 3.05) is 0 Å². The first-order chi connectivity index (χ1) is 25.8. The van der Waals surface area contributed by atoms with Crippen LogP contribution in [0.4, 0.5) is 0 Å². The molecule has 0 radical (unpaired) electrons. The second kappa shape index (κ2) is 11.2. The summed E-state index contributed by atoms with van der Waals surface area (Å²) in [6.07, 6.45) is 0. The van der Waals surface area contributed by atoms with Crippen LogP contribution >= 0.6 is 0 Å². The summed E-state index contributed by atoms with van der Waals surface area (Å²) in [6, 6.07) is 71.3. The molecule has 1 heteroatoms. The highest BCUT2D eigenvalue weighted by atomic mass is 16.3. The van der Waals surface area contributed by atoms with E-state index in [0.717, 1.165) is 21.9 Å². The first-order valence-electron chi connectivity index (χ1n) is 18.0. The molecule has 1 aliphatic rings. The van der Waals surface area contributed by atoms with Crippen LogP contribution in [0.2, 0.25) is 0 Å². The third-order valence-electron chi connectivity index (χ3n) is 11.3. The van der Waals surface area contributed by atoms with Gasteiger partial charge in [0, 0.05) is 10.8 Å². The molecule has 0 N–H and O–H groups in total. The number of hydrogen-bond donors (Lipinski definition) is 0. The van der Waals surface area contributed by atoms with E-state index in [0.29, 0.717) is 0 Å². The Labute approximate surface area is 302 Å². The van der Waals surface area contributed by atoms with E-state index < -0.39 is 5.41 Å². The summed E-state index contributed by atoms with van der Waals surface area (Å²) >= 11 is 0. The standard InChI is InChI=1S/C51H32O/c1-3-11-40(12-4-1)51(41-13-5-2-6-14-41)47-17-9-7-15-42(47)44-27-25-33-19-20-38(31-45(33)50(44)51)36-23-21-35-30-37(24-22-34(35)29-36)39-26-28-49-46(32-39)43-16-8-10-18-48(43)52-49/h1-32H. The van der Waals surface area contributed by atoms with Crippen molar-refractivity contribution in [3.63, 3.8) is 0 Å². The van der Waals surface area contributed by atoms with E-state index >= 15 is 0 Å². The predicted molar refractivity (Wildman–Crippen MR) is 217 cm³/mol. The summed E-state index contributed by atoms with van der Waals surface area (Å²) in [7, 11) is 0. The average molecular weight is 661 g/mol. The van der Waals surface area contributed by atoms with Crippen molar-refractivity contribution >= 4 is 43.5 Å². The molecule has 0 amide bonds. The van der Waals surface area contributed by atoms with Gasteiger partial charge >= 0.3 is 0 Å². The zero-order valence-corrected chi connectivity index (χ0v) is 28.4. The predicted octanol–water partition coefficient (Wildman–Crippen LogP) is 13.6. The van der Waals surface area contributed by atoms with Crippen molar-refractivity contribution in [3.8, 4) is 33.4 Å². The summed E-state index contributed by atoms with van der Waals surface area (Å²) in [5.74, 6) is 0. The molecule has 1 aliphatic carbocycles. The van der Waals surface area contributed by atoms with Crippen LogP contribution in [0.3, 0.4) is 0 Å². The lowest BCUT2D eigenvalue weighted by Gasteiger charge is -2.34. The molecular formula is C51H32O. The molecule has 9 aromatic carbocycles. The summed E-state index contributed by atoms with van der Waals surface area (Å²) < 4.78 is 6.09. The molecule has 1 heterocycles. The van der Waals surface area contributed by atoms with Crippen LogP contribution in [0.1, 0.15) is 22.3 Å². The van der Waals surface area contributed by atoms with Crippen molar-refractivity contribution in [2.24, 2.45) is 0 Å². The van der Waals surface area contributed by atoms with Crippen LogP contribution in [-0.4, -0.2) is 0 Å². The number of furan rings is 1. The van der Waals surface area contributed by atoms with E-state index in [1.807, 2.05) is 12.1 Å². The maximum Gasteiger partial charge on any atom is 0.135 e. The van der Waals surface area contributed by atoms with Gasteiger partial charge < -0.3 is 4.42 Å². The Morgan fingerprint density at radius 1 is 0.327 bits per heavy atom. The molecule has 242 valence electrons. The zero-order chi connectivity index (χ0) is 34.2. The monoisotopic (exact) mass is 660 g/mol. The number of hydrogen-bond acceptors (Lipinski definition) is 1. The minimum Gasteiger partial charge on any atom is -0.456 e. The van der Waals surface area contributed by atoms with Gasteiger partial charge in [-0.2, -0.15) is 0 Å². The molecular weight excluding hydrogens is 629 g/mol. The maximum absolute atomic E-state index is 6.09. The Morgan fingerprint density at radius 3 is 1.56 bits per heavy atom. The van der Waals surface area contributed by atoms with Crippen LogP contribution in [0.15, 0.2) is 199 Å². The summed E-state index contributed by atoms with van der Waals surface area (Å²) in [5.41, 5.74) is 14.1. The van der Waals surface area contributed by atoms with Gasteiger partial charge in [0.1, 0.15) is 11.2 Å². The van der Waals surface area contributed by atoms with Gasteiger partial charge in [0.25, 0.3) is 0 Å². The number of para-hydroxylation sites is 1. The summed E-state index contributed by atoms with van der Waals surface area (Å²) in [5, 5.41) is 7.29. The molecule has 1 nitrogen and oxygen atoms in total. The van der Waals surface area contributed by atoms with Crippen molar-refractivity contribution in [3.05, 3.63) is 216 Å². The van der Waals surface area contributed by atoms with Gasteiger partial charge in [-0.15, -0.1) is 0 Å². The smallest absolute Gasteiger partial charge is 0.135 e. The SMILES string of the molecule is c1ccc(C2(c3ccccc3)c3ccccc3-c3ccc4ccc(-c5ccc6cc(-c7ccc8oc9ccccc9c8c7)ccc6c5)cc4c32)cc1. The van der Waals surface area contributed by atoms with Gasteiger partial charge in [-0.05, 0) is 114 Å². The number of rotatable bonds is 4. The van der Waals surface area contributed by atoms with Crippen LogP contribution in [0.5, 0.6) is 0 Å². The minimum atomic E-state index is -0.446. The van der Waals surface area contributed by atoms with Crippen LogP contribution in [-0.2, 0) is 5.41 Å². The van der Waals surface area contributed by atoms with E-state index in [4.69, 9.17) is 4.42 Å². The Bertz CT molecular complexity index is 2960. The first-order valence-corrected chi connectivity index (χ1v) is 18.0. The molecule has 0 atom stereocenters. The normalized spacial score (nSPS) is 13.2. The molecule has 0 saturated heterocycles. The van der Waals surface area contributed by atoms with Crippen molar-refractivity contribution in [1.29, 1.82) is 0 Å². The van der Waals surface area contributed by atoms with Crippen LogP contribution < -0.4 is 0 Å². The Morgan fingerprint density at radius 2 is 0.846 bits per heavy atom. The van der Waals surface area contributed by atoms with E-state index in [2.05, 4.69) is 182 Å². The minimum absolute atomic E-state index is 0.446.